The van der Waals surface area contributed by atoms with Crippen molar-refractivity contribution in [1.29, 1.82) is 0 Å². The van der Waals surface area contributed by atoms with E-state index < -0.39 is 0 Å². The number of ether oxygens (including phenoxy) is 1. The van der Waals surface area contributed by atoms with Crippen LogP contribution in [0.2, 0.25) is 0 Å². The molecule has 5 nitrogen and oxygen atoms in total. The van der Waals surface area contributed by atoms with Crippen molar-refractivity contribution in [3.05, 3.63) is 54.4 Å². The van der Waals surface area contributed by atoms with Gasteiger partial charge in [0.2, 0.25) is 0 Å². The number of hydrogen-bond acceptors (Lipinski definition) is 4. The fourth-order valence-electron chi connectivity index (χ4n) is 3.05. The first-order valence-corrected chi connectivity index (χ1v) is 8.36. The van der Waals surface area contributed by atoms with Gasteiger partial charge < -0.3 is 15.4 Å². The molecule has 1 aromatic carbocycles. The second-order valence-electron chi connectivity index (χ2n) is 6.10. The Hall–Kier alpha value is -2.40. The monoisotopic (exact) mass is 325 g/mol. The van der Waals surface area contributed by atoms with Crippen molar-refractivity contribution in [1.82, 2.24) is 9.88 Å². The molecule has 1 saturated heterocycles. The summed E-state index contributed by atoms with van der Waals surface area (Å²) in [6, 6.07) is 12.2. The molecular weight excluding hydrogens is 302 g/mol. The number of aromatic nitrogens is 1. The molecule has 3 rings (SSSR count). The molecule has 2 unspecified atom stereocenters. The van der Waals surface area contributed by atoms with Gasteiger partial charge in [0.25, 0.3) is 0 Å². The first-order chi connectivity index (χ1) is 11.7. The van der Waals surface area contributed by atoms with Gasteiger partial charge in [0.15, 0.2) is 0 Å². The Morgan fingerprint density at radius 2 is 2.08 bits per heavy atom. The third-order valence-corrected chi connectivity index (χ3v) is 4.54. The number of rotatable bonds is 5. The molecule has 1 fully saturated rings. The molecule has 0 bridgehead atoms. The minimum absolute atomic E-state index is 0.0146. The van der Waals surface area contributed by atoms with Crippen LogP contribution in [0.4, 0.5) is 4.79 Å². The normalized spacial score (nSPS) is 19.0. The third kappa shape index (κ3) is 3.57. The Balaban J connectivity index is 1.69. The fourth-order valence-corrected chi connectivity index (χ4v) is 3.05. The van der Waals surface area contributed by atoms with Crippen LogP contribution in [0.5, 0.6) is 0 Å². The molecule has 5 heteroatoms. The average molecular weight is 325 g/mol. The standard InChI is InChI=1S/C19H23N3O2/c1-14(22-12-9-18(8-10-20)24-19(22)23)15-4-6-16(7-5-15)17-3-2-11-21-13-17/h2-7,11,13-14,18H,8-10,12,20H2,1H3. The van der Waals surface area contributed by atoms with Gasteiger partial charge in [-0.15, -0.1) is 0 Å². The zero-order chi connectivity index (χ0) is 16.9. The van der Waals surface area contributed by atoms with E-state index in [-0.39, 0.29) is 18.2 Å². The maximum Gasteiger partial charge on any atom is 0.410 e. The van der Waals surface area contributed by atoms with E-state index in [2.05, 4.69) is 29.2 Å². The molecule has 1 aromatic heterocycles. The lowest BCUT2D eigenvalue weighted by Crippen LogP contribution is -2.43. The Morgan fingerprint density at radius 1 is 1.29 bits per heavy atom. The summed E-state index contributed by atoms with van der Waals surface area (Å²) in [7, 11) is 0. The minimum atomic E-state index is -0.247. The molecule has 0 aliphatic carbocycles. The van der Waals surface area contributed by atoms with Gasteiger partial charge in [-0.2, -0.15) is 0 Å². The van der Waals surface area contributed by atoms with E-state index >= 15 is 0 Å². The van der Waals surface area contributed by atoms with Crippen LogP contribution in [0.25, 0.3) is 11.1 Å². The molecule has 1 aliphatic rings. The molecule has 1 aliphatic heterocycles. The van der Waals surface area contributed by atoms with Crippen LogP contribution in [-0.2, 0) is 4.74 Å². The van der Waals surface area contributed by atoms with E-state index in [1.807, 2.05) is 25.3 Å². The maximum absolute atomic E-state index is 12.2. The Bertz CT molecular complexity index is 673. The van der Waals surface area contributed by atoms with E-state index in [0.29, 0.717) is 13.1 Å². The Morgan fingerprint density at radius 3 is 2.71 bits per heavy atom. The van der Waals surface area contributed by atoms with Crippen molar-refractivity contribution >= 4 is 6.09 Å². The summed E-state index contributed by atoms with van der Waals surface area (Å²) in [6.45, 7) is 3.28. The van der Waals surface area contributed by atoms with Gasteiger partial charge in [0.05, 0.1) is 6.04 Å². The highest BCUT2D eigenvalue weighted by Crippen LogP contribution is 2.27. The van der Waals surface area contributed by atoms with Gasteiger partial charge in [0.1, 0.15) is 6.10 Å². The quantitative estimate of drug-likeness (QED) is 0.915. The molecule has 0 spiro atoms. The van der Waals surface area contributed by atoms with Crippen LogP contribution in [0.15, 0.2) is 48.8 Å². The SMILES string of the molecule is CC(c1ccc(-c2cccnc2)cc1)N1CCC(CCN)OC1=O. The molecule has 2 N–H and O–H groups in total. The van der Waals surface area contributed by atoms with Crippen LogP contribution < -0.4 is 5.73 Å². The lowest BCUT2D eigenvalue weighted by molar-refractivity contribution is 0.0110. The topological polar surface area (TPSA) is 68.5 Å². The highest BCUT2D eigenvalue weighted by molar-refractivity contribution is 5.69. The number of cyclic esters (lactones) is 1. The number of amides is 1. The Kier molecular flexibility index (Phi) is 5.11. The summed E-state index contributed by atoms with van der Waals surface area (Å²) >= 11 is 0. The molecule has 24 heavy (non-hydrogen) atoms. The van der Waals surface area contributed by atoms with Gasteiger partial charge >= 0.3 is 6.09 Å². The largest absolute Gasteiger partial charge is 0.446 e. The highest BCUT2D eigenvalue weighted by atomic mass is 16.6. The highest BCUT2D eigenvalue weighted by Gasteiger charge is 2.30. The van der Waals surface area contributed by atoms with Gasteiger partial charge in [-0.25, -0.2) is 4.79 Å². The first kappa shape index (κ1) is 16.5. The summed E-state index contributed by atoms with van der Waals surface area (Å²) in [5, 5.41) is 0. The van der Waals surface area contributed by atoms with E-state index in [1.54, 1.807) is 11.1 Å². The average Bonchev–Trinajstić information content (AvgIpc) is 2.62. The van der Waals surface area contributed by atoms with Crippen molar-refractivity contribution in [3.63, 3.8) is 0 Å². The number of pyridine rings is 1. The van der Waals surface area contributed by atoms with Crippen molar-refractivity contribution < 1.29 is 9.53 Å². The summed E-state index contributed by atoms with van der Waals surface area (Å²) in [5.41, 5.74) is 8.83. The smallest absolute Gasteiger partial charge is 0.410 e. The van der Waals surface area contributed by atoms with E-state index in [0.717, 1.165) is 29.5 Å². The lowest BCUT2D eigenvalue weighted by atomic mass is 10.0. The molecule has 0 radical (unpaired) electrons. The minimum Gasteiger partial charge on any atom is -0.446 e. The van der Waals surface area contributed by atoms with Crippen LogP contribution in [0, 0.1) is 0 Å². The van der Waals surface area contributed by atoms with Crippen molar-refractivity contribution in [3.8, 4) is 11.1 Å². The first-order valence-electron chi connectivity index (χ1n) is 8.36. The van der Waals surface area contributed by atoms with Crippen LogP contribution >= 0.6 is 0 Å². The summed E-state index contributed by atoms with van der Waals surface area (Å²) in [5.74, 6) is 0. The van der Waals surface area contributed by atoms with Crippen LogP contribution in [0.3, 0.4) is 0 Å². The Labute approximate surface area is 142 Å². The summed E-state index contributed by atoms with van der Waals surface area (Å²) in [6.07, 6.45) is 4.88. The number of carbonyl (C=O) groups is 1. The predicted molar refractivity (Wildman–Crippen MR) is 93.4 cm³/mol. The number of hydrogen-bond donors (Lipinski definition) is 1. The van der Waals surface area contributed by atoms with Crippen LogP contribution in [0.1, 0.15) is 31.4 Å². The van der Waals surface area contributed by atoms with Gasteiger partial charge in [-0.3, -0.25) is 4.98 Å². The molecule has 0 saturated carbocycles. The third-order valence-electron chi connectivity index (χ3n) is 4.54. The maximum atomic E-state index is 12.2. The summed E-state index contributed by atoms with van der Waals surface area (Å²) in [4.78, 5) is 18.2. The zero-order valence-electron chi connectivity index (χ0n) is 13.9. The number of benzene rings is 1. The van der Waals surface area contributed by atoms with Crippen molar-refractivity contribution in [2.75, 3.05) is 13.1 Å². The molecular formula is C19H23N3O2. The predicted octanol–water partition coefficient (Wildman–Crippen LogP) is 3.37. The number of carbonyl (C=O) groups excluding carboxylic acids is 1. The molecule has 1 amide bonds. The van der Waals surface area contributed by atoms with Gasteiger partial charge in [-0.05, 0) is 42.6 Å². The van der Waals surface area contributed by atoms with Crippen LogP contribution in [-0.4, -0.2) is 35.2 Å². The second kappa shape index (κ2) is 7.45. The van der Waals surface area contributed by atoms with E-state index in [4.69, 9.17) is 10.5 Å². The molecule has 2 atom stereocenters. The fraction of sp³-hybridized carbons (Fsp3) is 0.368. The molecule has 2 aromatic rings. The van der Waals surface area contributed by atoms with E-state index in [9.17, 15) is 4.79 Å². The van der Waals surface area contributed by atoms with Gasteiger partial charge in [-0.1, -0.05) is 30.3 Å². The van der Waals surface area contributed by atoms with Gasteiger partial charge in [0, 0.05) is 25.4 Å². The lowest BCUT2D eigenvalue weighted by Gasteiger charge is -2.35. The zero-order valence-corrected chi connectivity index (χ0v) is 13.9. The molecule has 2 heterocycles. The second-order valence-corrected chi connectivity index (χ2v) is 6.10. The number of nitrogens with zero attached hydrogens (tertiary/aromatic N) is 2. The number of nitrogens with two attached hydrogens (primary N) is 1. The van der Waals surface area contributed by atoms with Crippen molar-refractivity contribution in [2.24, 2.45) is 5.73 Å². The molecule has 126 valence electrons. The van der Waals surface area contributed by atoms with E-state index in [1.165, 1.54) is 0 Å². The van der Waals surface area contributed by atoms with Crippen molar-refractivity contribution in [2.45, 2.75) is 31.9 Å². The summed E-state index contributed by atoms with van der Waals surface area (Å²) < 4.78 is 5.47.